The Kier molecular flexibility index (Phi) is 9.82. The second kappa shape index (κ2) is 16.1. The van der Waals surface area contributed by atoms with E-state index in [1.54, 1.807) is 109 Å². The van der Waals surface area contributed by atoms with Crippen LogP contribution in [0.3, 0.4) is 0 Å². The van der Waals surface area contributed by atoms with Gasteiger partial charge in [0.2, 0.25) is 0 Å². The molecule has 11 rings (SSSR count). The number of hydrogen-bond donors (Lipinski definition) is 9. The topological polar surface area (TPSA) is 214 Å². The zero-order chi connectivity index (χ0) is 47.0. The number of hydrogen-bond acceptors (Lipinski definition) is 12. The van der Waals surface area contributed by atoms with E-state index < -0.39 is 24.0 Å². The van der Waals surface area contributed by atoms with Crippen LogP contribution in [0.25, 0.3) is 45.6 Å². The number of rotatable bonds is 8. The van der Waals surface area contributed by atoms with Gasteiger partial charge < -0.3 is 59.8 Å². The summed E-state index contributed by atoms with van der Waals surface area (Å²) in [4.78, 5) is 0. The van der Waals surface area contributed by atoms with Crippen LogP contribution in [0.5, 0.6) is 63.2 Å². The van der Waals surface area contributed by atoms with Crippen LogP contribution in [-0.2, 0) is 0 Å². The molecule has 12 nitrogen and oxygen atoms in total. The number of benzene rings is 8. The van der Waals surface area contributed by atoms with Crippen molar-refractivity contribution in [3.63, 3.8) is 0 Å². The van der Waals surface area contributed by atoms with Gasteiger partial charge in [0.05, 0.1) is 11.8 Å². The van der Waals surface area contributed by atoms with Crippen molar-refractivity contribution >= 4 is 23.1 Å². The molecule has 0 saturated heterocycles. The quantitative estimate of drug-likeness (QED) is 0.0652. The van der Waals surface area contributed by atoms with Gasteiger partial charge in [0.25, 0.3) is 0 Å². The molecule has 0 bridgehead atoms. The highest BCUT2D eigenvalue weighted by Crippen LogP contribution is 2.58. The predicted octanol–water partition coefficient (Wildman–Crippen LogP) is 11.8. The molecule has 3 heterocycles. The van der Waals surface area contributed by atoms with Gasteiger partial charge in [0, 0.05) is 51.9 Å². The number of phenolic OH excluding ortho intramolecular Hbond substituents is 9. The Morgan fingerprint density at radius 2 is 0.853 bits per heavy atom. The van der Waals surface area contributed by atoms with Gasteiger partial charge in [-0.15, -0.1) is 0 Å². The Balaban J connectivity index is 1.09. The Hall–Kier alpha value is -9.16. The van der Waals surface area contributed by atoms with E-state index in [0.29, 0.717) is 89.4 Å². The molecule has 336 valence electrons. The van der Waals surface area contributed by atoms with Crippen LogP contribution in [0, 0.1) is 0 Å². The summed E-state index contributed by atoms with van der Waals surface area (Å²) in [5.41, 5.74) is 7.28. The van der Waals surface area contributed by atoms with Crippen molar-refractivity contribution in [1.82, 2.24) is 0 Å². The van der Waals surface area contributed by atoms with Crippen LogP contribution >= 0.6 is 0 Å². The number of fused-ring (bicyclic) bond motifs is 3. The molecule has 0 spiro atoms. The highest BCUT2D eigenvalue weighted by atomic mass is 16.5. The summed E-state index contributed by atoms with van der Waals surface area (Å²) < 4.78 is 19.9. The number of ether oxygens (including phenoxy) is 2. The van der Waals surface area contributed by atoms with Crippen molar-refractivity contribution in [3.05, 3.63) is 196 Å². The van der Waals surface area contributed by atoms with E-state index in [1.807, 2.05) is 30.4 Å². The molecule has 0 aliphatic carbocycles. The smallest absolute Gasteiger partial charge is 0.143 e. The van der Waals surface area contributed by atoms with E-state index in [2.05, 4.69) is 0 Å². The summed E-state index contributed by atoms with van der Waals surface area (Å²) in [6, 6.07) is 40.2. The van der Waals surface area contributed by atoms with Gasteiger partial charge in [-0.25, -0.2) is 0 Å². The minimum atomic E-state index is -0.740. The first-order chi connectivity index (χ1) is 32.8. The average Bonchev–Trinajstić information content (AvgIpc) is 4.00. The number of furan rings is 1. The second-order valence-electron chi connectivity index (χ2n) is 17.1. The molecule has 68 heavy (non-hydrogen) atoms. The van der Waals surface area contributed by atoms with Gasteiger partial charge in [-0.2, -0.15) is 0 Å². The van der Waals surface area contributed by atoms with Crippen molar-refractivity contribution in [2.75, 3.05) is 0 Å². The molecule has 9 N–H and O–H groups in total. The van der Waals surface area contributed by atoms with Crippen LogP contribution in [0.4, 0.5) is 0 Å². The monoisotopic (exact) mass is 904 g/mol. The lowest BCUT2D eigenvalue weighted by molar-refractivity contribution is 0.221. The molecular formula is C56H40O12. The molecule has 0 fully saturated rings. The van der Waals surface area contributed by atoms with Crippen LogP contribution in [0.1, 0.15) is 68.6 Å². The fourth-order valence-electron chi connectivity index (χ4n) is 9.77. The van der Waals surface area contributed by atoms with Crippen molar-refractivity contribution in [2.24, 2.45) is 0 Å². The first kappa shape index (κ1) is 41.5. The summed E-state index contributed by atoms with van der Waals surface area (Å²) in [5.74, 6) is -0.715. The van der Waals surface area contributed by atoms with Crippen molar-refractivity contribution in [2.45, 2.75) is 24.0 Å². The van der Waals surface area contributed by atoms with E-state index >= 15 is 0 Å². The third-order valence-corrected chi connectivity index (χ3v) is 12.6. The molecule has 12 heteroatoms. The first-order valence-corrected chi connectivity index (χ1v) is 21.6. The van der Waals surface area contributed by atoms with Crippen molar-refractivity contribution < 1.29 is 59.8 Å². The largest absolute Gasteiger partial charge is 0.508 e. The Labute approximate surface area is 387 Å². The van der Waals surface area contributed by atoms with Crippen LogP contribution in [0.15, 0.2) is 156 Å². The molecule has 1 aromatic heterocycles. The minimum Gasteiger partial charge on any atom is -0.508 e. The van der Waals surface area contributed by atoms with Crippen LogP contribution in [0.2, 0.25) is 0 Å². The Bertz CT molecular complexity index is 3420. The fourth-order valence-corrected chi connectivity index (χ4v) is 9.77. The maximum atomic E-state index is 11.4. The maximum absolute atomic E-state index is 11.4. The molecule has 2 aliphatic rings. The zero-order valence-electron chi connectivity index (χ0n) is 35.6. The molecule has 0 amide bonds. The Morgan fingerprint density at radius 3 is 1.40 bits per heavy atom. The van der Waals surface area contributed by atoms with E-state index in [-0.39, 0.29) is 51.7 Å². The van der Waals surface area contributed by atoms with Gasteiger partial charge in [-0.05, 0) is 136 Å². The van der Waals surface area contributed by atoms with E-state index in [4.69, 9.17) is 13.9 Å². The standard InChI is InChI=1S/C56H40O12/c57-35-10-4-29(5-11-35)54-50(33-19-38(60)23-39(61)20-33)49-32(18-42(64)26-47(49)67-54)3-1-28-2-16-46-44(17-28)52(56(66-46)31-8-14-37(59)15-9-31)45-25-43(65)27-48-53(45)51(34-21-40(62)24-41(63)22-34)55(68-48)30-6-12-36(58)13-7-30/h1-27,50-51,54-55,57-65H. The lowest BCUT2D eigenvalue weighted by Gasteiger charge is -2.22. The van der Waals surface area contributed by atoms with Crippen LogP contribution < -0.4 is 9.47 Å². The van der Waals surface area contributed by atoms with Gasteiger partial charge in [0.1, 0.15) is 86.8 Å². The third kappa shape index (κ3) is 7.39. The molecule has 0 radical (unpaired) electrons. The molecule has 4 atom stereocenters. The summed E-state index contributed by atoms with van der Waals surface area (Å²) in [6.07, 6.45) is 2.30. The highest BCUT2D eigenvalue weighted by Gasteiger charge is 2.42. The summed E-state index contributed by atoms with van der Waals surface area (Å²) in [5, 5.41) is 96.5. The van der Waals surface area contributed by atoms with Crippen molar-refractivity contribution in [1.29, 1.82) is 0 Å². The highest BCUT2D eigenvalue weighted by molar-refractivity contribution is 6.04. The number of phenols is 9. The van der Waals surface area contributed by atoms with Gasteiger partial charge in [-0.1, -0.05) is 42.5 Å². The van der Waals surface area contributed by atoms with Crippen molar-refractivity contribution in [3.8, 4) is 85.7 Å². The molecule has 4 unspecified atom stereocenters. The second-order valence-corrected chi connectivity index (χ2v) is 17.1. The van der Waals surface area contributed by atoms with E-state index in [9.17, 15) is 46.0 Å². The minimum absolute atomic E-state index is 0.0484. The van der Waals surface area contributed by atoms with Gasteiger partial charge in [0.15, 0.2) is 0 Å². The predicted molar refractivity (Wildman–Crippen MR) is 254 cm³/mol. The molecule has 2 aliphatic heterocycles. The molecule has 9 aromatic rings. The fraction of sp³-hybridized carbons (Fsp3) is 0.0714. The van der Waals surface area contributed by atoms with Gasteiger partial charge >= 0.3 is 0 Å². The third-order valence-electron chi connectivity index (χ3n) is 12.6. The van der Waals surface area contributed by atoms with Gasteiger partial charge in [-0.3, -0.25) is 0 Å². The van der Waals surface area contributed by atoms with E-state index in [0.717, 1.165) is 0 Å². The SMILES string of the molecule is Oc1ccc(-c2oc3ccc(C=Cc4cc(O)cc5c4C(c4cc(O)cc(O)c4)C(c4ccc(O)cc4)O5)cc3c2-c2cc(O)cc3c2C(c2cc(O)cc(O)c2)C(c2ccc(O)cc2)O3)cc1. The normalized spacial score (nSPS) is 17.2. The molecular weight excluding hydrogens is 865 g/mol. The summed E-state index contributed by atoms with van der Waals surface area (Å²) in [6.45, 7) is 0. The Morgan fingerprint density at radius 1 is 0.382 bits per heavy atom. The molecule has 0 saturated carbocycles. The lowest BCUT2D eigenvalue weighted by atomic mass is 9.80. The van der Waals surface area contributed by atoms with Crippen LogP contribution in [-0.4, -0.2) is 46.0 Å². The molecule has 8 aromatic carbocycles. The lowest BCUT2D eigenvalue weighted by Crippen LogP contribution is -2.11. The van der Waals surface area contributed by atoms with E-state index in [1.165, 1.54) is 24.3 Å². The zero-order valence-corrected chi connectivity index (χ0v) is 35.6. The first-order valence-electron chi connectivity index (χ1n) is 21.6. The number of aromatic hydroxyl groups is 9. The average molecular weight is 905 g/mol. The summed E-state index contributed by atoms with van der Waals surface area (Å²) in [7, 11) is 0. The maximum Gasteiger partial charge on any atom is 0.143 e. The summed E-state index contributed by atoms with van der Waals surface area (Å²) >= 11 is 0.